The quantitative estimate of drug-likeness (QED) is 0.437. The van der Waals surface area contributed by atoms with Crippen LogP contribution < -0.4 is 5.32 Å². The molecule has 6 nitrogen and oxygen atoms in total. The summed E-state index contributed by atoms with van der Waals surface area (Å²) in [7, 11) is 1.62. The van der Waals surface area contributed by atoms with Crippen molar-refractivity contribution in [3.63, 3.8) is 0 Å². The van der Waals surface area contributed by atoms with Crippen molar-refractivity contribution in [1.29, 1.82) is 5.26 Å². The van der Waals surface area contributed by atoms with E-state index >= 15 is 0 Å². The van der Waals surface area contributed by atoms with Gasteiger partial charge in [-0.2, -0.15) is 10.4 Å². The van der Waals surface area contributed by atoms with Crippen LogP contribution >= 0.6 is 0 Å². The van der Waals surface area contributed by atoms with E-state index in [1.54, 1.807) is 43.4 Å². The first-order valence-electron chi connectivity index (χ1n) is 7.33. The average Bonchev–Trinajstić information content (AvgIpc) is 2.92. The molecular weight excluding hydrogens is 323 g/mol. The number of nitrogens with one attached hydrogen (secondary N) is 1. The minimum absolute atomic E-state index is 0.0308. The number of nitriles is 1. The molecule has 2 aromatic carbocycles. The molecule has 0 bridgehead atoms. The Morgan fingerprint density at radius 1 is 1.28 bits per heavy atom. The number of carbonyl (C=O) groups excluding carboxylic acids is 1. The molecule has 1 heterocycles. The smallest absolute Gasteiger partial charge is 0.270 e. The van der Waals surface area contributed by atoms with Crippen LogP contribution in [-0.4, -0.2) is 20.8 Å². The summed E-state index contributed by atoms with van der Waals surface area (Å²) >= 11 is 0. The Morgan fingerprint density at radius 2 is 2.00 bits per heavy atom. The van der Waals surface area contributed by atoms with E-state index in [1.807, 2.05) is 0 Å². The first-order chi connectivity index (χ1) is 12.0. The average molecular weight is 336 g/mol. The zero-order chi connectivity index (χ0) is 18.0. The Kier molecular flexibility index (Phi) is 4.18. The van der Waals surface area contributed by atoms with Crippen molar-refractivity contribution in [2.45, 2.75) is 0 Å². The lowest BCUT2D eigenvalue weighted by molar-refractivity contribution is -0.112. The van der Waals surface area contributed by atoms with E-state index in [-0.39, 0.29) is 5.69 Å². The maximum atomic E-state index is 13.5. The molecule has 1 aromatic heterocycles. The number of para-hydroxylation sites is 1. The number of aliphatic hydroxyl groups excluding tert-OH is 1. The van der Waals surface area contributed by atoms with Gasteiger partial charge in [0, 0.05) is 18.1 Å². The summed E-state index contributed by atoms with van der Waals surface area (Å²) in [5.41, 5.74) is 0.499. The van der Waals surface area contributed by atoms with Crippen molar-refractivity contribution >= 4 is 28.3 Å². The number of halogens is 1. The minimum atomic E-state index is -0.776. The van der Waals surface area contributed by atoms with E-state index in [2.05, 4.69) is 10.4 Å². The zero-order valence-electron chi connectivity index (χ0n) is 13.2. The van der Waals surface area contributed by atoms with Crippen LogP contribution in [0.2, 0.25) is 0 Å². The molecule has 0 spiro atoms. The normalized spacial score (nSPS) is 11.7. The van der Waals surface area contributed by atoms with Gasteiger partial charge in [-0.25, -0.2) is 4.39 Å². The van der Waals surface area contributed by atoms with Crippen molar-refractivity contribution in [2.24, 2.45) is 7.05 Å². The topological polar surface area (TPSA) is 90.9 Å². The Hall–Kier alpha value is -3.66. The summed E-state index contributed by atoms with van der Waals surface area (Å²) in [5.74, 6) is -1.89. The standard InChI is InChI=1S/C18H13FN4O2/c1-23-15-8-7-11(19)9-13(15)16(22-23)17(24)14(10-20)18(25)21-12-5-3-2-4-6-12/h2-9,24H,1H3,(H,21,25). The van der Waals surface area contributed by atoms with E-state index in [1.165, 1.54) is 22.9 Å². The van der Waals surface area contributed by atoms with E-state index in [4.69, 9.17) is 0 Å². The molecule has 1 amide bonds. The highest BCUT2D eigenvalue weighted by atomic mass is 19.1. The van der Waals surface area contributed by atoms with Crippen LogP contribution in [0.25, 0.3) is 16.7 Å². The Balaban J connectivity index is 2.07. The van der Waals surface area contributed by atoms with Crippen LogP contribution in [0.3, 0.4) is 0 Å². The summed E-state index contributed by atoms with van der Waals surface area (Å²) in [5, 5.41) is 26.7. The SMILES string of the molecule is Cn1nc(C(O)=C(C#N)C(=O)Nc2ccccc2)c2cc(F)ccc21. The van der Waals surface area contributed by atoms with Crippen LogP contribution in [0.4, 0.5) is 10.1 Å². The second kappa shape index (κ2) is 6.45. The van der Waals surface area contributed by atoms with E-state index in [9.17, 15) is 19.6 Å². The van der Waals surface area contributed by atoms with Crippen molar-refractivity contribution in [3.8, 4) is 6.07 Å². The Bertz CT molecular complexity index is 1030. The molecule has 0 saturated heterocycles. The van der Waals surface area contributed by atoms with Crippen molar-refractivity contribution in [3.05, 3.63) is 65.6 Å². The summed E-state index contributed by atoms with van der Waals surface area (Å²) in [6, 6.07) is 14.2. The number of hydrogen-bond acceptors (Lipinski definition) is 4. The third-order valence-corrected chi connectivity index (χ3v) is 3.64. The first kappa shape index (κ1) is 16.2. The van der Waals surface area contributed by atoms with Gasteiger partial charge in [-0.3, -0.25) is 9.48 Å². The third kappa shape index (κ3) is 3.05. The predicted molar refractivity (Wildman–Crippen MR) is 90.9 cm³/mol. The highest BCUT2D eigenvalue weighted by Gasteiger charge is 2.21. The van der Waals surface area contributed by atoms with Gasteiger partial charge in [0.2, 0.25) is 0 Å². The number of aromatic nitrogens is 2. The summed E-state index contributed by atoms with van der Waals surface area (Å²) in [6.07, 6.45) is 0. The number of anilines is 1. The second-order valence-corrected chi connectivity index (χ2v) is 5.29. The molecule has 124 valence electrons. The lowest BCUT2D eigenvalue weighted by atomic mass is 10.1. The van der Waals surface area contributed by atoms with Crippen LogP contribution in [0, 0.1) is 17.1 Å². The molecule has 0 fully saturated rings. The first-order valence-corrected chi connectivity index (χ1v) is 7.33. The van der Waals surface area contributed by atoms with Crippen LogP contribution in [0.5, 0.6) is 0 Å². The molecule has 3 rings (SSSR count). The number of aliphatic hydroxyl groups is 1. The molecule has 0 unspecified atom stereocenters. The summed E-state index contributed by atoms with van der Waals surface area (Å²) < 4.78 is 15.0. The van der Waals surface area contributed by atoms with Crippen molar-refractivity contribution in [1.82, 2.24) is 9.78 Å². The largest absolute Gasteiger partial charge is 0.504 e. The predicted octanol–water partition coefficient (Wildman–Crippen LogP) is 3.14. The lowest BCUT2D eigenvalue weighted by Gasteiger charge is -2.05. The fourth-order valence-electron chi connectivity index (χ4n) is 2.46. The molecule has 2 N–H and O–H groups in total. The van der Waals surface area contributed by atoms with E-state index in [0.717, 1.165) is 0 Å². The monoisotopic (exact) mass is 336 g/mol. The Labute approximate surface area is 142 Å². The van der Waals surface area contributed by atoms with Gasteiger partial charge in [-0.1, -0.05) is 18.2 Å². The van der Waals surface area contributed by atoms with Gasteiger partial charge in [0.15, 0.2) is 11.3 Å². The molecular formula is C18H13FN4O2. The van der Waals surface area contributed by atoms with Gasteiger partial charge in [0.25, 0.3) is 5.91 Å². The number of carbonyl (C=O) groups is 1. The number of aryl methyl sites for hydroxylation is 1. The number of benzene rings is 2. The van der Waals surface area contributed by atoms with Gasteiger partial charge in [-0.05, 0) is 30.3 Å². The fraction of sp³-hybridized carbons (Fsp3) is 0.0556. The number of hydrogen-bond donors (Lipinski definition) is 2. The molecule has 0 atom stereocenters. The maximum Gasteiger partial charge on any atom is 0.270 e. The lowest BCUT2D eigenvalue weighted by Crippen LogP contribution is -2.15. The number of fused-ring (bicyclic) bond motifs is 1. The fourth-order valence-corrected chi connectivity index (χ4v) is 2.46. The van der Waals surface area contributed by atoms with Gasteiger partial charge >= 0.3 is 0 Å². The highest BCUT2D eigenvalue weighted by molar-refractivity contribution is 6.11. The zero-order valence-corrected chi connectivity index (χ0v) is 13.2. The number of rotatable bonds is 3. The number of amides is 1. The van der Waals surface area contributed by atoms with Gasteiger partial charge < -0.3 is 10.4 Å². The molecule has 0 aliphatic rings. The van der Waals surface area contributed by atoms with Crippen LogP contribution in [-0.2, 0) is 11.8 Å². The Morgan fingerprint density at radius 3 is 2.68 bits per heavy atom. The summed E-state index contributed by atoms with van der Waals surface area (Å²) in [4.78, 5) is 12.3. The van der Waals surface area contributed by atoms with E-state index < -0.39 is 23.1 Å². The van der Waals surface area contributed by atoms with Crippen LogP contribution in [0.15, 0.2) is 54.1 Å². The summed E-state index contributed by atoms with van der Waals surface area (Å²) in [6.45, 7) is 0. The maximum absolute atomic E-state index is 13.5. The molecule has 0 aliphatic heterocycles. The van der Waals surface area contributed by atoms with Crippen LogP contribution in [0.1, 0.15) is 5.69 Å². The molecule has 25 heavy (non-hydrogen) atoms. The molecule has 0 saturated carbocycles. The number of nitrogens with zero attached hydrogens (tertiary/aromatic N) is 3. The van der Waals surface area contributed by atoms with Crippen molar-refractivity contribution in [2.75, 3.05) is 5.32 Å². The van der Waals surface area contributed by atoms with Crippen molar-refractivity contribution < 1.29 is 14.3 Å². The highest BCUT2D eigenvalue weighted by Crippen LogP contribution is 2.26. The molecule has 3 aromatic rings. The molecule has 0 aliphatic carbocycles. The second-order valence-electron chi connectivity index (χ2n) is 5.29. The third-order valence-electron chi connectivity index (χ3n) is 3.64. The van der Waals surface area contributed by atoms with E-state index in [0.29, 0.717) is 16.6 Å². The van der Waals surface area contributed by atoms with Gasteiger partial charge in [0.05, 0.1) is 5.52 Å². The molecule has 0 radical (unpaired) electrons. The molecule has 7 heteroatoms. The van der Waals surface area contributed by atoms with Gasteiger partial charge in [0.1, 0.15) is 17.6 Å². The minimum Gasteiger partial charge on any atom is -0.504 e. The van der Waals surface area contributed by atoms with Gasteiger partial charge in [-0.15, -0.1) is 0 Å².